The molecule has 1 aromatic heterocycles. The Labute approximate surface area is 154 Å². The molecular formula is C18H24N4O3S. The summed E-state index contributed by atoms with van der Waals surface area (Å²) in [6.07, 6.45) is 1.61. The van der Waals surface area contributed by atoms with Gasteiger partial charge < -0.3 is 10.2 Å². The van der Waals surface area contributed by atoms with Crippen molar-refractivity contribution in [1.29, 1.82) is 0 Å². The second-order valence-electron chi connectivity index (χ2n) is 7.11. The average molecular weight is 376 g/mol. The van der Waals surface area contributed by atoms with Crippen molar-refractivity contribution in [2.75, 3.05) is 24.3 Å². The van der Waals surface area contributed by atoms with E-state index < -0.39 is 15.6 Å². The first-order valence-electron chi connectivity index (χ1n) is 8.07. The molecule has 0 saturated heterocycles. The van der Waals surface area contributed by atoms with Gasteiger partial charge in [0.1, 0.15) is 5.82 Å². The fraction of sp³-hybridized carbons (Fsp3) is 0.333. The number of carbonyl (C=O) groups excluding carboxylic acids is 1. The van der Waals surface area contributed by atoms with E-state index in [0.717, 1.165) is 0 Å². The highest BCUT2D eigenvalue weighted by Crippen LogP contribution is 2.20. The van der Waals surface area contributed by atoms with Crippen LogP contribution in [0.25, 0.3) is 0 Å². The maximum absolute atomic E-state index is 12.6. The van der Waals surface area contributed by atoms with E-state index in [1.165, 1.54) is 12.1 Å². The Morgan fingerprint density at radius 3 is 2.42 bits per heavy atom. The lowest BCUT2D eigenvalue weighted by molar-refractivity contribution is 0.102. The third-order valence-electron chi connectivity index (χ3n) is 3.30. The maximum atomic E-state index is 12.6. The number of sulfonamides is 1. The molecule has 0 bridgehead atoms. The highest BCUT2D eigenvalue weighted by molar-refractivity contribution is 7.89. The van der Waals surface area contributed by atoms with Crippen LogP contribution in [0.3, 0.4) is 0 Å². The van der Waals surface area contributed by atoms with Crippen LogP contribution in [0.15, 0.2) is 47.5 Å². The Balaban J connectivity index is 2.28. The van der Waals surface area contributed by atoms with Gasteiger partial charge in [-0.2, -0.15) is 0 Å². The summed E-state index contributed by atoms with van der Waals surface area (Å²) in [5, 5.41) is 2.73. The second kappa shape index (κ2) is 7.43. The van der Waals surface area contributed by atoms with Crippen LogP contribution in [0.5, 0.6) is 0 Å². The Morgan fingerprint density at radius 1 is 1.12 bits per heavy atom. The second-order valence-corrected chi connectivity index (χ2v) is 8.79. The first kappa shape index (κ1) is 19.9. The van der Waals surface area contributed by atoms with Crippen LogP contribution in [0.2, 0.25) is 0 Å². The van der Waals surface area contributed by atoms with Gasteiger partial charge in [-0.25, -0.2) is 18.1 Å². The lowest BCUT2D eigenvalue weighted by Gasteiger charge is -2.20. The predicted molar refractivity (Wildman–Crippen MR) is 103 cm³/mol. The number of hydrogen-bond acceptors (Lipinski definition) is 5. The lowest BCUT2D eigenvalue weighted by atomic mass is 10.1. The number of carbonyl (C=O) groups is 1. The summed E-state index contributed by atoms with van der Waals surface area (Å²) >= 11 is 0. The molecule has 0 radical (unpaired) electrons. The molecule has 2 rings (SSSR count). The Hall–Kier alpha value is -2.45. The van der Waals surface area contributed by atoms with Gasteiger partial charge in [0.05, 0.1) is 10.5 Å². The number of aromatic nitrogens is 1. The van der Waals surface area contributed by atoms with Crippen molar-refractivity contribution >= 4 is 27.4 Å². The number of benzene rings is 1. The molecule has 0 aliphatic heterocycles. The lowest BCUT2D eigenvalue weighted by Crippen LogP contribution is -2.40. The Kier molecular flexibility index (Phi) is 5.68. The van der Waals surface area contributed by atoms with Crippen LogP contribution in [-0.2, 0) is 10.0 Å². The van der Waals surface area contributed by atoms with Gasteiger partial charge in [-0.15, -0.1) is 0 Å². The van der Waals surface area contributed by atoms with E-state index >= 15 is 0 Å². The van der Waals surface area contributed by atoms with E-state index in [-0.39, 0.29) is 10.8 Å². The third kappa shape index (κ3) is 5.03. The zero-order chi connectivity index (χ0) is 19.5. The van der Waals surface area contributed by atoms with E-state index in [4.69, 9.17) is 0 Å². The molecule has 140 valence electrons. The van der Waals surface area contributed by atoms with Crippen LogP contribution < -0.4 is 14.9 Å². The van der Waals surface area contributed by atoms with E-state index in [1.807, 2.05) is 0 Å². The molecule has 7 nitrogen and oxygen atoms in total. The fourth-order valence-corrected chi connectivity index (χ4v) is 3.80. The smallest absolute Gasteiger partial charge is 0.259 e. The van der Waals surface area contributed by atoms with Gasteiger partial charge in [0.2, 0.25) is 10.0 Å². The number of nitrogens with one attached hydrogen (secondary N) is 2. The van der Waals surface area contributed by atoms with E-state index in [1.54, 1.807) is 70.2 Å². The van der Waals surface area contributed by atoms with Gasteiger partial charge in [0, 0.05) is 31.5 Å². The molecule has 1 heterocycles. The maximum Gasteiger partial charge on any atom is 0.259 e. The molecular weight excluding hydrogens is 352 g/mol. The summed E-state index contributed by atoms with van der Waals surface area (Å²) in [6.45, 7) is 5.30. The standard InChI is InChI=1S/C18H24N4O3S/c1-18(2,3)21-26(24,25)14-9-6-8-13(12-14)20-17(23)15-10-7-11-19-16(15)22(4)5/h6-12,21H,1-5H3,(H,20,23). The molecule has 2 aromatic rings. The van der Waals surface area contributed by atoms with Gasteiger partial charge in [0.25, 0.3) is 5.91 Å². The largest absolute Gasteiger partial charge is 0.362 e. The van der Waals surface area contributed by atoms with Crippen LogP contribution >= 0.6 is 0 Å². The number of pyridine rings is 1. The van der Waals surface area contributed by atoms with Crippen LogP contribution in [0, 0.1) is 0 Å². The molecule has 0 fully saturated rings. The minimum atomic E-state index is -3.68. The summed E-state index contributed by atoms with van der Waals surface area (Å²) in [6, 6.07) is 9.48. The molecule has 0 saturated carbocycles. The van der Waals surface area contributed by atoms with Crippen molar-refractivity contribution in [3.05, 3.63) is 48.2 Å². The molecule has 0 spiro atoms. The van der Waals surface area contributed by atoms with Gasteiger partial charge in [0.15, 0.2) is 0 Å². The Bertz CT molecular complexity index is 903. The summed E-state index contributed by atoms with van der Waals surface area (Å²) < 4.78 is 27.5. The van der Waals surface area contributed by atoms with Crippen molar-refractivity contribution < 1.29 is 13.2 Å². The van der Waals surface area contributed by atoms with Crippen molar-refractivity contribution in [2.24, 2.45) is 0 Å². The van der Waals surface area contributed by atoms with Crippen molar-refractivity contribution in [3.8, 4) is 0 Å². The zero-order valence-electron chi connectivity index (χ0n) is 15.6. The number of hydrogen-bond donors (Lipinski definition) is 2. The number of anilines is 2. The van der Waals surface area contributed by atoms with E-state index in [9.17, 15) is 13.2 Å². The van der Waals surface area contributed by atoms with Crippen molar-refractivity contribution in [3.63, 3.8) is 0 Å². The quantitative estimate of drug-likeness (QED) is 0.836. The molecule has 0 aliphatic carbocycles. The molecule has 26 heavy (non-hydrogen) atoms. The summed E-state index contributed by atoms with van der Waals surface area (Å²) in [5.74, 6) is 0.170. The average Bonchev–Trinajstić information content (AvgIpc) is 2.53. The van der Waals surface area contributed by atoms with Crippen LogP contribution in [0.4, 0.5) is 11.5 Å². The van der Waals surface area contributed by atoms with Crippen LogP contribution in [-0.4, -0.2) is 38.9 Å². The topological polar surface area (TPSA) is 91.4 Å². The third-order valence-corrected chi connectivity index (χ3v) is 5.05. The fourth-order valence-electron chi connectivity index (χ4n) is 2.33. The predicted octanol–water partition coefficient (Wildman–Crippen LogP) is 2.48. The summed E-state index contributed by atoms with van der Waals surface area (Å²) in [7, 11) is -0.0922. The van der Waals surface area contributed by atoms with Crippen molar-refractivity contribution in [1.82, 2.24) is 9.71 Å². The summed E-state index contributed by atoms with van der Waals surface area (Å²) in [5.41, 5.74) is 0.188. The minimum Gasteiger partial charge on any atom is -0.362 e. The molecule has 0 unspecified atom stereocenters. The molecule has 0 aliphatic rings. The zero-order valence-corrected chi connectivity index (χ0v) is 16.4. The molecule has 1 amide bonds. The highest BCUT2D eigenvalue weighted by atomic mass is 32.2. The highest BCUT2D eigenvalue weighted by Gasteiger charge is 2.22. The molecule has 1 aromatic carbocycles. The molecule has 2 N–H and O–H groups in total. The van der Waals surface area contributed by atoms with Gasteiger partial charge >= 0.3 is 0 Å². The van der Waals surface area contributed by atoms with Gasteiger partial charge in [-0.05, 0) is 51.1 Å². The van der Waals surface area contributed by atoms with Crippen LogP contribution in [0.1, 0.15) is 31.1 Å². The molecule has 0 atom stereocenters. The van der Waals surface area contributed by atoms with E-state index in [2.05, 4.69) is 15.0 Å². The number of rotatable bonds is 5. The Morgan fingerprint density at radius 2 is 1.81 bits per heavy atom. The van der Waals surface area contributed by atoms with Gasteiger partial charge in [-0.1, -0.05) is 6.07 Å². The number of amides is 1. The van der Waals surface area contributed by atoms with Gasteiger partial charge in [-0.3, -0.25) is 4.79 Å². The molecule has 8 heteroatoms. The summed E-state index contributed by atoms with van der Waals surface area (Å²) in [4.78, 5) is 18.6. The first-order chi connectivity index (χ1) is 12.0. The monoisotopic (exact) mass is 376 g/mol. The van der Waals surface area contributed by atoms with E-state index in [0.29, 0.717) is 17.1 Å². The normalized spacial score (nSPS) is 11.9. The van der Waals surface area contributed by atoms with Crippen molar-refractivity contribution in [2.45, 2.75) is 31.2 Å². The first-order valence-corrected chi connectivity index (χ1v) is 9.56. The minimum absolute atomic E-state index is 0.0873. The SMILES string of the molecule is CN(C)c1ncccc1C(=O)Nc1cccc(S(=O)(=O)NC(C)(C)C)c1. The number of nitrogens with zero attached hydrogens (tertiary/aromatic N) is 2.